The summed E-state index contributed by atoms with van der Waals surface area (Å²) in [7, 11) is -2.33. The fourth-order valence-electron chi connectivity index (χ4n) is 1.59. The number of nitrogens with zero attached hydrogens (tertiary/aromatic N) is 1. The first kappa shape index (κ1) is 15.7. The van der Waals surface area contributed by atoms with E-state index in [-0.39, 0.29) is 16.8 Å². The third-order valence-electron chi connectivity index (χ3n) is 2.50. The van der Waals surface area contributed by atoms with Crippen molar-refractivity contribution in [2.24, 2.45) is 0 Å². The monoisotopic (exact) mass is 283 g/mol. The third kappa shape index (κ3) is 4.08. The maximum absolute atomic E-state index is 12.4. The predicted molar refractivity (Wildman–Crippen MR) is 83.2 cm³/mol. The van der Waals surface area contributed by atoms with Crippen molar-refractivity contribution in [2.45, 2.75) is 64.2 Å². The summed E-state index contributed by atoms with van der Waals surface area (Å²) < 4.78 is 14.2. The molecule has 0 aliphatic carbocycles. The Bertz CT molecular complexity index is 420. The van der Waals surface area contributed by atoms with E-state index >= 15 is 0 Å². The number of allylic oxidation sites excluding steroid dienone is 1. The van der Waals surface area contributed by atoms with E-state index in [0.717, 1.165) is 0 Å². The van der Waals surface area contributed by atoms with Gasteiger partial charge in [0.25, 0.3) is 0 Å². The number of hydrogen-bond acceptors (Lipinski definition) is 1. The highest BCUT2D eigenvalue weighted by Gasteiger charge is 2.51. The van der Waals surface area contributed by atoms with Crippen LogP contribution >= 0.6 is 0 Å². The van der Waals surface area contributed by atoms with Gasteiger partial charge in [0.2, 0.25) is 0 Å². The molecule has 4 heteroatoms. The summed E-state index contributed by atoms with van der Waals surface area (Å²) >= 11 is 0. The average Bonchev–Trinajstić information content (AvgIpc) is 2.85. The Kier molecular flexibility index (Phi) is 4.64. The van der Waals surface area contributed by atoms with Gasteiger partial charge in [0, 0.05) is 0 Å². The largest absolute Gasteiger partial charge is 0.242 e. The molecule has 4 atom stereocenters. The molecule has 1 saturated heterocycles. The lowest BCUT2D eigenvalue weighted by Gasteiger charge is -2.18. The van der Waals surface area contributed by atoms with Crippen molar-refractivity contribution >= 4 is 19.1 Å². The zero-order valence-electron chi connectivity index (χ0n) is 12.6. The van der Waals surface area contributed by atoms with Crippen molar-refractivity contribution in [1.29, 1.82) is 0 Å². The topological polar surface area (TPSA) is 20.1 Å². The maximum atomic E-state index is 12.4. The average molecular weight is 284 g/mol. The molecule has 2 nitrogen and oxygen atoms in total. The normalized spacial score (nSPS) is 29.8. The zero-order valence-corrected chi connectivity index (χ0v) is 14.4. The molecule has 0 aromatic heterocycles. The summed E-state index contributed by atoms with van der Waals surface area (Å²) in [6.07, 6.45) is 4.13. The van der Waals surface area contributed by atoms with E-state index in [9.17, 15) is 4.21 Å². The first-order valence-corrected chi connectivity index (χ1v) is 11.0. The van der Waals surface area contributed by atoms with Gasteiger partial charge in [0.05, 0.1) is 10.8 Å². The van der Waals surface area contributed by atoms with Crippen LogP contribution in [0.5, 0.6) is 0 Å². The van der Waals surface area contributed by atoms with E-state index in [2.05, 4.69) is 37.2 Å². The van der Waals surface area contributed by atoms with Crippen LogP contribution in [0, 0.1) is 11.5 Å². The van der Waals surface area contributed by atoms with Gasteiger partial charge in [-0.25, -0.2) is 4.21 Å². The molecule has 0 saturated carbocycles. The fourth-order valence-corrected chi connectivity index (χ4v) is 3.53. The Morgan fingerprint density at radius 1 is 1.28 bits per heavy atom. The Labute approximate surface area is 115 Å². The summed E-state index contributed by atoms with van der Waals surface area (Å²) in [5.74, 6) is 3.33. The highest BCUT2D eigenvalue weighted by atomic mass is 32.2. The summed E-state index contributed by atoms with van der Waals surface area (Å²) in [4.78, 5) is 0. The third-order valence-corrected chi connectivity index (χ3v) is 5.30. The van der Waals surface area contributed by atoms with Crippen LogP contribution in [0.15, 0.2) is 12.2 Å². The van der Waals surface area contributed by atoms with Crippen LogP contribution in [-0.2, 0) is 11.0 Å². The molecule has 1 rings (SSSR count). The first-order chi connectivity index (χ1) is 8.08. The van der Waals surface area contributed by atoms with E-state index in [1.165, 1.54) is 0 Å². The zero-order chi connectivity index (χ0) is 14.1. The van der Waals surface area contributed by atoms with E-state index < -0.39 is 19.1 Å². The molecule has 1 heterocycles. The molecule has 0 N–H and O–H groups in total. The molecular weight excluding hydrogens is 258 g/mol. The van der Waals surface area contributed by atoms with Gasteiger partial charge in [0.1, 0.15) is 25.1 Å². The van der Waals surface area contributed by atoms with Gasteiger partial charge in [-0.15, -0.1) is 5.54 Å². The molecule has 0 radical (unpaired) electrons. The van der Waals surface area contributed by atoms with Crippen molar-refractivity contribution in [3.63, 3.8) is 0 Å². The van der Waals surface area contributed by atoms with E-state index in [0.29, 0.717) is 0 Å². The smallest absolute Gasteiger partial charge is 0.129 e. The lowest BCUT2D eigenvalue weighted by molar-refractivity contribution is 0.608. The molecule has 0 aromatic rings. The van der Waals surface area contributed by atoms with E-state index in [4.69, 9.17) is 0 Å². The summed E-state index contributed by atoms with van der Waals surface area (Å²) in [6.45, 7) is 14.7. The predicted octanol–water partition coefficient (Wildman–Crippen LogP) is 2.96. The van der Waals surface area contributed by atoms with Gasteiger partial charge in [-0.05, 0) is 27.7 Å². The van der Waals surface area contributed by atoms with Crippen LogP contribution in [0.1, 0.15) is 27.7 Å². The summed E-state index contributed by atoms with van der Waals surface area (Å²) in [5, 5.41) is 0. The van der Waals surface area contributed by atoms with Crippen LogP contribution in [0.25, 0.3) is 0 Å². The Morgan fingerprint density at radius 2 is 1.83 bits per heavy atom. The van der Waals surface area contributed by atoms with Gasteiger partial charge >= 0.3 is 0 Å². The Balaban J connectivity index is 2.86. The van der Waals surface area contributed by atoms with Crippen molar-refractivity contribution in [1.82, 2.24) is 4.31 Å². The Hall–Kier alpha value is -0.373. The molecule has 1 fully saturated rings. The molecule has 0 amide bonds. The molecule has 102 valence electrons. The molecule has 18 heavy (non-hydrogen) atoms. The second-order valence-electron chi connectivity index (χ2n) is 6.70. The van der Waals surface area contributed by atoms with Gasteiger partial charge < -0.3 is 0 Å². The van der Waals surface area contributed by atoms with Crippen LogP contribution in [0.4, 0.5) is 0 Å². The van der Waals surface area contributed by atoms with Gasteiger partial charge in [0.15, 0.2) is 0 Å². The molecule has 0 spiro atoms. The standard InChI is InChI=1S/C14H25NOSSi/c1-8-9-12-13(10-11-18(5,6)7)15(12)17(16)14(2,3)4/h8-9,12-13H,1-7H3/b9-8+/t12-,13-,15?,17-/m1/s1. The Morgan fingerprint density at radius 3 is 2.22 bits per heavy atom. The van der Waals surface area contributed by atoms with Gasteiger partial charge in [-0.2, -0.15) is 4.31 Å². The van der Waals surface area contributed by atoms with Crippen LogP contribution < -0.4 is 0 Å². The lowest BCUT2D eigenvalue weighted by Crippen LogP contribution is -2.28. The summed E-state index contributed by atoms with van der Waals surface area (Å²) in [6, 6.07) is 0.381. The SMILES string of the molecule is C/C=C/[C@@H]1[C@@H](C#C[Si](C)(C)C)N1[S@](=O)C(C)(C)C. The summed E-state index contributed by atoms with van der Waals surface area (Å²) in [5.41, 5.74) is 3.39. The van der Waals surface area contributed by atoms with Crippen molar-refractivity contribution < 1.29 is 4.21 Å². The second-order valence-corrected chi connectivity index (χ2v) is 13.6. The van der Waals surface area contributed by atoms with Crippen LogP contribution in [0.2, 0.25) is 19.6 Å². The van der Waals surface area contributed by atoms with Gasteiger partial charge in [-0.1, -0.05) is 37.7 Å². The van der Waals surface area contributed by atoms with Crippen molar-refractivity contribution in [2.75, 3.05) is 0 Å². The fraction of sp³-hybridized carbons (Fsp3) is 0.714. The number of rotatable bonds is 2. The maximum Gasteiger partial charge on any atom is 0.129 e. The quantitative estimate of drug-likeness (QED) is 0.330. The lowest BCUT2D eigenvalue weighted by atomic mass is 10.3. The molecule has 1 aliphatic rings. The van der Waals surface area contributed by atoms with Gasteiger partial charge in [-0.3, -0.25) is 0 Å². The van der Waals surface area contributed by atoms with Crippen molar-refractivity contribution in [3.8, 4) is 11.5 Å². The van der Waals surface area contributed by atoms with E-state index in [1.807, 2.05) is 38.1 Å². The highest BCUT2D eigenvalue weighted by Crippen LogP contribution is 2.35. The van der Waals surface area contributed by atoms with E-state index in [1.54, 1.807) is 0 Å². The molecule has 1 aliphatic heterocycles. The number of hydrogen-bond donors (Lipinski definition) is 0. The first-order valence-electron chi connectivity index (χ1n) is 6.44. The minimum atomic E-state index is -1.35. The molecule has 0 aromatic carbocycles. The minimum absolute atomic E-state index is 0.146. The highest BCUT2D eigenvalue weighted by molar-refractivity contribution is 7.84. The van der Waals surface area contributed by atoms with Crippen molar-refractivity contribution in [3.05, 3.63) is 12.2 Å². The van der Waals surface area contributed by atoms with Crippen LogP contribution in [-0.4, -0.2) is 33.4 Å². The minimum Gasteiger partial charge on any atom is -0.242 e. The van der Waals surface area contributed by atoms with Crippen LogP contribution in [0.3, 0.4) is 0 Å². The second kappa shape index (κ2) is 5.32. The molecule has 1 unspecified atom stereocenters. The molecule has 0 bridgehead atoms. The molecular formula is C14H25NOSSi.